The van der Waals surface area contributed by atoms with Crippen LogP contribution in [0.15, 0.2) is 36.5 Å². The van der Waals surface area contributed by atoms with Crippen molar-refractivity contribution in [3.8, 4) is 0 Å². The summed E-state index contributed by atoms with van der Waals surface area (Å²) >= 11 is 0. The molecule has 0 aliphatic carbocycles. The Balaban J connectivity index is 1.67. The number of nitrogens with zero attached hydrogens (tertiary/aromatic N) is 3. The molecule has 0 radical (unpaired) electrons. The highest BCUT2D eigenvalue weighted by Crippen LogP contribution is 2.12. The molecule has 1 aromatic heterocycles. The van der Waals surface area contributed by atoms with Crippen LogP contribution in [0.3, 0.4) is 0 Å². The number of carbonyl (C=O) groups is 1. The topological polar surface area (TPSA) is 64.2 Å². The standard InChI is InChI=1S/C15H18N4O/c16-15(20)13-11-19-9-8-18(7-6-14(19)17-13)10-12-4-2-1-3-5-12/h1-5,11H,6-10H2,(H2,16,20). The minimum atomic E-state index is -0.452. The number of primary amides is 1. The monoisotopic (exact) mass is 270 g/mol. The molecule has 0 spiro atoms. The minimum absolute atomic E-state index is 0.372. The predicted molar refractivity (Wildman–Crippen MR) is 76.2 cm³/mol. The number of fused-ring (bicyclic) bond motifs is 1. The smallest absolute Gasteiger partial charge is 0.268 e. The Morgan fingerprint density at radius 2 is 2.00 bits per heavy atom. The van der Waals surface area contributed by atoms with Crippen molar-refractivity contribution in [2.75, 3.05) is 13.1 Å². The van der Waals surface area contributed by atoms with Crippen molar-refractivity contribution in [2.24, 2.45) is 5.73 Å². The van der Waals surface area contributed by atoms with E-state index >= 15 is 0 Å². The molecule has 0 saturated carbocycles. The van der Waals surface area contributed by atoms with Gasteiger partial charge < -0.3 is 10.3 Å². The molecular formula is C15H18N4O. The first-order chi connectivity index (χ1) is 9.72. The molecule has 5 nitrogen and oxygen atoms in total. The fourth-order valence-electron chi connectivity index (χ4n) is 2.58. The lowest BCUT2D eigenvalue weighted by Gasteiger charge is -2.19. The van der Waals surface area contributed by atoms with E-state index in [0.717, 1.165) is 38.4 Å². The van der Waals surface area contributed by atoms with Crippen LogP contribution < -0.4 is 5.73 Å². The van der Waals surface area contributed by atoms with Crippen molar-refractivity contribution in [1.29, 1.82) is 0 Å². The third-order valence-corrected chi connectivity index (χ3v) is 3.67. The average molecular weight is 270 g/mol. The van der Waals surface area contributed by atoms with E-state index in [1.54, 1.807) is 6.20 Å². The summed E-state index contributed by atoms with van der Waals surface area (Å²) in [5, 5.41) is 0. The van der Waals surface area contributed by atoms with Gasteiger partial charge in [0.2, 0.25) is 0 Å². The van der Waals surface area contributed by atoms with Gasteiger partial charge in [0.05, 0.1) is 0 Å². The highest BCUT2D eigenvalue weighted by Gasteiger charge is 2.17. The molecule has 0 fully saturated rings. The van der Waals surface area contributed by atoms with Crippen LogP contribution in [0.4, 0.5) is 0 Å². The van der Waals surface area contributed by atoms with Crippen LogP contribution in [-0.2, 0) is 19.5 Å². The van der Waals surface area contributed by atoms with Gasteiger partial charge in [-0.15, -0.1) is 0 Å². The molecule has 1 aliphatic rings. The fourth-order valence-corrected chi connectivity index (χ4v) is 2.58. The number of hydrogen-bond donors (Lipinski definition) is 1. The zero-order valence-electron chi connectivity index (χ0n) is 11.3. The van der Waals surface area contributed by atoms with Gasteiger partial charge in [-0.1, -0.05) is 30.3 Å². The molecule has 0 saturated heterocycles. The molecule has 2 heterocycles. The van der Waals surface area contributed by atoms with Crippen molar-refractivity contribution < 1.29 is 4.79 Å². The van der Waals surface area contributed by atoms with Crippen molar-refractivity contribution in [3.05, 3.63) is 53.6 Å². The van der Waals surface area contributed by atoms with Crippen molar-refractivity contribution in [2.45, 2.75) is 19.5 Å². The lowest BCUT2D eigenvalue weighted by Crippen LogP contribution is -2.26. The molecular weight excluding hydrogens is 252 g/mol. The number of aromatic nitrogens is 2. The van der Waals surface area contributed by atoms with E-state index in [4.69, 9.17) is 5.73 Å². The first-order valence-electron chi connectivity index (χ1n) is 6.84. The van der Waals surface area contributed by atoms with E-state index in [2.05, 4.69) is 34.1 Å². The summed E-state index contributed by atoms with van der Waals surface area (Å²) in [4.78, 5) is 17.9. The van der Waals surface area contributed by atoms with Crippen molar-refractivity contribution in [1.82, 2.24) is 14.5 Å². The molecule has 1 aromatic carbocycles. The van der Waals surface area contributed by atoms with Gasteiger partial charge in [-0.05, 0) is 5.56 Å². The number of imidazole rings is 1. The van der Waals surface area contributed by atoms with E-state index in [9.17, 15) is 4.79 Å². The molecule has 0 atom stereocenters. The maximum Gasteiger partial charge on any atom is 0.268 e. The van der Waals surface area contributed by atoms with E-state index < -0.39 is 5.91 Å². The van der Waals surface area contributed by atoms with Crippen molar-refractivity contribution in [3.63, 3.8) is 0 Å². The average Bonchev–Trinajstić information content (AvgIpc) is 2.78. The number of hydrogen-bond acceptors (Lipinski definition) is 3. The van der Waals surface area contributed by atoms with Crippen LogP contribution in [0.2, 0.25) is 0 Å². The molecule has 1 aliphatic heterocycles. The Morgan fingerprint density at radius 3 is 2.75 bits per heavy atom. The first kappa shape index (κ1) is 12.9. The third kappa shape index (κ3) is 2.72. The second-order valence-corrected chi connectivity index (χ2v) is 5.11. The van der Waals surface area contributed by atoms with Gasteiger partial charge in [-0.25, -0.2) is 4.98 Å². The van der Waals surface area contributed by atoms with Crippen LogP contribution in [0.1, 0.15) is 21.9 Å². The fraction of sp³-hybridized carbons (Fsp3) is 0.333. The van der Waals surface area contributed by atoms with Gasteiger partial charge in [0.25, 0.3) is 5.91 Å². The highest BCUT2D eigenvalue weighted by atomic mass is 16.1. The van der Waals surface area contributed by atoms with E-state index in [1.807, 2.05) is 10.6 Å². The molecule has 20 heavy (non-hydrogen) atoms. The number of rotatable bonds is 3. The maximum absolute atomic E-state index is 11.1. The van der Waals surface area contributed by atoms with E-state index in [-0.39, 0.29) is 0 Å². The van der Waals surface area contributed by atoms with Gasteiger partial charge in [0.15, 0.2) is 0 Å². The largest absolute Gasteiger partial charge is 0.364 e. The van der Waals surface area contributed by atoms with Crippen molar-refractivity contribution >= 4 is 5.91 Å². The predicted octanol–water partition coefficient (Wildman–Crippen LogP) is 1.04. The Morgan fingerprint density at radius 1 is 1.20 bits per heavy atom. The zero-order valence-corrected chi connectivity index (χ0v) is 11.3. The Bertz CT molecular complexity index is 580. The first-order valence-corrected chi connectivity index (χ1v) is 6.84. The maximum atomic E-state index is 11.1. The minimum Gasteiger partial charge on any atom is -0.364 e. The number of carbonyl (C=O) groups excluding carboxylic acids is 1. The summed E-state index contributed by atoms with van der Waals surface area (Å²) in [5.41, 5.74) is 6.96. The van der Waals surface area contributed by atoms with Gasteiger partial charge >= 0.3 is 0 Å². The van der Waals surface area contributed by atoms with Gasteiger partial charge in [-0.2, -0.15) is 0 Å². The van der Waals surface area contributed by atoms with Crippen LogP contribution in [0, 0.1) is 0 Å². The number of amides is 1. The molecule has 2 N–H and O–H groups in total. The quantitative estimate of drug-likeness (QED) is 0.906. The summed E-state index contributed by atoms with van der Waals surface area (Å²) in [6, 6.07) is 10.5. The summed E-state index contributed by atoms with van der Waals surface area (Å²) < 4.78 is 2.05. The molecule has 3 rings (SSSR count). The Hall–Kier alpha value is -2.14. The summed E-state index contributed by atoms with van der Waals surface area (Å²) in [6.07, 6.45) is 2.61. The van der Waals surface area contributed by atoms with Crippen LogP contribution in [0.5, 0.6) is 0 Å². The third-order valence-electron chi connectivity index (χ3n) is 3.67. The normalized spacial score (nSPS) is 15.6. The molecule has 104 valence electrons. The molecule has 0 bridgehead atoms. The molecule has 2 aromatic rings. The second-order valence-electron chi connectivity index (χ2n) is 5.11. The van der Waals surface area contributed by atoms with Crippen LogP contribution in [-0.4, -0.2) is 33.4 Å². The Labute approximate surface area is 118 Å². The SMILES string of the molecule is NC(=O)c1cn2c(n1)CCN(Cc1ccccc1)CC2. The second kappa shape index (κ2) is 5.46. The van der Waals surface area contributed by atoms with E-state index in [1.165, 1.54) is 5.56 Å². The summed E-state index contributed by atoms with van der Waals surface area (Å²) in [5.74, 6) is 0.501. The number of nitrogens with two attached hydrogens (primary N) is 1. The summed E-state index contributed by atoms with van der Waals surface area (Å²) in [6.45, 7) is 3.71. The lowest BCUT2D eigenvalue weighted by molar-refractivity contribution is 0.0995. The lowest BCUT2D eigenvalue weighted by atomic mass is 10.2. The molecule has 5 heteroatoms. The van der Waals surface area contributed by atoms with Crippen LogP contribution >= 0.6 is 0 Å². The molecule has 1 amide bonds. The van der Waals surface area contributed by atoms with Gasteiger partial charge in [0.1, 0.15) is 11.5 Å². The zero-order chi connectivity index (χ0) is 13.9. The Kier molecular flexibility index (Phi) is 3.52. The van der Waals surface area contributed by atoms with Gasteiger partial charge in [-0.3, -0.25) is 9.69 Å². The van der Waals surface area contributed by atoms with Crippen LogP contribution in [0.25, 0.3) is 0 Å². The highest BCUT2D eigenvalue weighted by molar-refractivity contribution is 5.90. The number of benzene rings is 1. The summed E-state index contributed by atoms with van der Waals surface area (Å²) in [7, 11) is 0. The van der Waals surface area contributed by atoms with Gasteiger partial charge in [0, 0.05) is 38.8 Å². The molecule has 0 unspecified atom stereocenters. The van der Waals surface area contributed by atoms with E-state index in [0.29, 0.717) is 5.69 Å².